The fourth-order valence-electron chi connectivity index (χ4n) is 7.24. The van der Waals surface area contributed by atoms with Crippen molar-refractivity contribution in [2.45, 2.75) is 95.0 Å². The highest BCUT2D eigenvalue weighted by Crippen LogP contribution is 2.35. The number of sulfone groups is 1. The molecule has 0 aromatic heterocycles. The number of nitrogens with zero attached hydrogens (tertiary/aromatic N) is 2. The topological polar surface area (TPSA) is 113 Å². The van der Waals surface area contributed by atoms with Crippen LogP contribution in [0.3, 0.4) is 0 Å². The molecule has 5 rings (SSSR count). The molecule has 0 bridgehead atoms. The zero-order chi connectivity index (χ0) is 32.3. The third-order valence-corrected chi connectivity index (χ3v) is 12.2. The molecule has 3 amide bonds. The first-order valence-electron chi connectivity index (χ1n) is 16.5. The van der Waals surface area contributed by atoms with Crippen LogP contribution in [0.15, 0.2) is 53.4 Å². The first-order chi connectivity index (χ1) is 21.5. The van der Waals surface area contributed by atoms with Crippen molar-refractivity contribution in [2.24, 2.45) is 17.8 Å². The third kappa shape index (κ3) is 6.90. The van der Waals surface area contributed by atoms with Crippen LogP contribution in [0.4, 0.5) is 4.79 Å². The number of piperazine rings is 1. The zero-order valence-corrected chi connectivity index (χ0v) is 27.7. The SMILES string of the molecule is CCC(CC)[C@@H]1C(=O)N[C@H](C2Cc3ccccc3C2)C(=O)N1Cc1ccccc1S(=O)(=O)C1CCN(C(=O)OCC(C)C)CC1. The van der Waals surface area contributed by atoms with E-state index in [1.54, 1.807) is 34.1 Å². The van der Waals surface area contributed by atoms with E-state index in [2.05, 4.69) is 17.4 Å². The minimum absolute atomic E-state index is 0.0410. The predicted molar refractivity (Wildman–Crippen MR) is 172 cm³/mol. The molecule has 0 spiro atoms. The molecule has 2 aliphatic heterocycles. The van der Waals surface area contributed by atoms with E-state index < -0.39 is 33.3 Å². The molecule has 2 aromatic carbocycles. The molecule has 45 heavy (non-hydrogen) atoms. The number of rotatable bonds is 10. The normalized spacial score (nSPS) is 21.4. The van der Waals surface area contributed by atoms with Gasteiger partial charge in [0.15, 0.2) is 9.84 Å². The minimum Gasteiger partial charge on any atom is -0.449 e. The molecule has 2 aromatic rings. The Bertz CT molecular complexity index is 1470. The van der Waals surface area contributed by atoms with Crippen molar-refractivity contribution >= 4 is 27.7 Å². The van der Waals surface area contributed by atoms with Crippen molar-refractivity contribution < 1.29 is 27.5 Å². The summed E-state index contributed by atoms with van der Waals surface area (Å²) in [4.78, 5) is 44.0. The molecule has 2 saturated heterocycles. The number of amides is 3. The molecule has 0 unspecified atom stereocenters. The maximum Gasteiger partial charge on any atom is 0.409 e. The second-order valence-electron chi connectivity index (χ2n) is 13.2. The number of carbonyl (C=O) groups is 3. The highest BCUT2D eigenvalue weighted by Gasteiger charge is 2.47. The molecule has 1 aliphatic carbocycles. The molecule has 0 radical (unpaired) electrons. The van der Waals surface area contributed by atoms with E-state index >= 15 is 0 Å². The summed E-state index contributed by atoms with van der Waals surface area (Å²) in [6, 6.07) is 13.7. The Morgan fingerprint density at radius 2 is 1.56 bits per heavy atom. The van der Waals surface area contributed by atoms with Gasteiger partial charge in [-0.15, -0.1) is 0 Å². The maximum absolute atomic E-state index is 14.3. The Morgan fingerprint density at radius 1 is 0.956 bits per heavy atom. The fraction of sp³-hybridized carbons (Fsp3) is 0.571. The molecule has 1 N–H and O–H groups in total. The molecule has 0 saturated carbocycles. The zero-order valence-electron chi connectivity index (χ0n) is 26.9. The summed E-state index contributed by atoms with van der Waals surface area (Å²) in [6.45, 7) is 8.94. The van der Waals surface area contributed by atoms with Crippen LogP contribution < -0.4 is 5.32 Å². The van der Waals surface area contributed by atoms with Gasteiger partial charge in [0, 0.05) is 19.6 Å². The van der Waals surface area contributed by atoms with Crippen LogP contribution >= 0.6 is 0 Å². The van der Waals surface area contributed by atoms with E-state index in [9.17, 15) is 22.8 Å². The summed E-state index contributed by atoms with van der Waals surface area (Å²) in [5.74, 6) is -0.207. The standard InChI is InChI=1S/C35H47N3O6S/c1-5-24(6-2)32-33(39)36-31(28-19-25-11-7-8-12-26(25)20-28)34(40)38(32)21-27-13-9-10-14-30(27)45(42,43)29-15-17-37(18-16-29)35(41)44-22-23(3)4/h7-14,23-24,28-29,31-32H,5-6,15-22H2,1-4H3,(H,36,39)/t31-,32-/m1/s1. The molecule has 244 valence electrons. The Kier molecular flexibility index (Phi) is 10.2. The van der Waals surface area contributed by atoms with Crippen molar-refractivity contribution in [3.63, 3.8) is 0 Å². The lowest BCUT2D eigenvalue weighted by Crippen LogP contribution is -2.66. The van der Waals surface area contributed by atoms with Gasteiger partial charge in [0.1, 0.15) is 12.1 Å². The number of fused-ring (bicyclic) bond motifs is 1. The van der Waals surface area contributed by atoms with Crippen LogP contribution in [0.5, 0.6) is 0 Å². The largest absolute Gasteiger partial charge is 0.449 e. The lowest BCUT2D eigenvalue weighted by molar-refractivity contribution is -0.154. The van der Waals surface area contributed by atoms with Gasteiger partial charge in [-0.2, -0.15) is 0 Å². The van der Waals surface area contributed by atoms with E-state index in [1.165, 1.54) is 11.1 Å². The van der Waals surface area contributed by atoms with Crippen LogP contribution in [-0.2, 0) is 43.5 Å². The van der Waals surface area contributed by atoms with E-state index in [-0.39, 0.29) is 41.0 Å². The third-order valence-electron chi connectivity index (χ3n) is 9.80. The van der Waals surface area contributed by atoms with Gasteiger partial charge in [0.25, 0.3) is 0 Å². The second-order valence-corrected chi connectivity index (χ2v) is 15.4. The number of hydrogen-bond donors (Lipinski definition) is 1. The van der Waals surface area contributed by atoms with Crippen molar-refractivity contribution in [3.8, 4) is 0 Å². The van der Waals surface area contributed by atoms with Gasteiger partial charge in [0.2, 0.25) is 11.8 Å². The monoisotopic (exact) mass is 637 g/mol. The Labute approximate surface area is 267 Å². The lowest BCUT2D eigenvalue weighted by Gasteiger charge is -2.44. The number of likely N-dealkylation sites (tertiary alicyclic amines) is 1. The molecule has 10 heteroatoms. The van der Waals surface area contributed by atoms with Crippen molar-refractivity contribution in [1.29, 1.82) is 0 Å². The molecular formula is C35H47N3O6S. The Hall–Kier alpha value is -3.40. The van der Waals surface area contributed by atoms with Crippen molar-refractivity contribution in [1.82, 2.24) is 15.1 Å². The maximum atomic E-state index is 14.3. The molecule has 9 nitrogen and oxygen atoms in total. The number of hydrogen-bond acceptors (Lipinski definition) is 6. The molecular weight excluding hydrogens is 590 g/mol. The molecule has 3 aliphatic rings. The number of nitrogens with one attached hydrogen (secondary N) is 1. The highest BCUT2D eigenvalue weighted by molar-refractivity contribution is 7.92. The van der Waals surface area contributed by atoms with Gasteiger partial charge in [0.05, 0.1) is 16.8 Å². The molecule has 2 heterocycles. The van der Waals surface area contributed by atoms with Crippen LogP contribution in [0.1, 0.15) is 70.1 Å². The lowest BCUT2D eigenvalue weighted by atomic mass is 9.86. The summed E-state index contributed by atoms with van der Waals surface area (Å²) < 4.78 is 33.5. The van der Waals surface area contributed by atoms with Crippen molar-refractivity contribution in [3.05, 3.63) is 65.2 Å². The van der Waals surface area contributed by atoms with Crippen molar-refractivity contribution in [2.75, 3.05) is 19.7 Å². The fourth-order valence-corrected chi connectivity index (χ4v) is 9.20. The number of carbonyl (C=O) groups excluding carboxylic acids is 3. The first-order valence-corrected chi connectivity index (χ1v) is 18.0. The Morgan fingerprint density at radius 3 is 2.16 bits per heavy atom. The van der Waals surface area contributed by atoms with E-state index in [4.69, 9.17) is 4.74 Å². The van der Waals surface area contributed by atoms with E-state index in [0.29, 0.717) is 50.9 Å². The van der Waals surface area contributed by atoms with Gasteiger partial charge in [-0.25, -0.2) is 13.2 Å². The second kappa shape index (κ2) is 13.9. The molecule has 2 atom stereocenters. The number of ether oxygens (including phenoxy) is 1. The van der Waals surface area contributed by atoms with Gasteiger partial charge in [-0.1, -0.05) is 83.0 Å². The summed E-state index contributed by atoms with van der Waals surface area (Å²) in [5, 5.41) is 2.43. The Balaban J connectivity index is 1.38. The first kappa shape index (κ1) is 33.0. The van der Waals surface area contributed by atoms with Crippen LogP contribution in [-0.4, -0.2) is 73.2 Å². The minimum atomic E-state index is -3.78. The summed E-state index contributed by atoms with van der Waals surface area (Å²) >= 11 is 0. The van der Waals surface area contributed by atoms with Gasteiger partial charge < -0.3 is 19.9 Å². The van der Waals surface area contributed by atoms with Crippen LogP contribution in [0, 0.1) is 17.8 Å². The molecule has 2 fully saturated rings. The van der Waals surface area contributed by atoms with E-state index in [0.717, 1.165) is 12.8 Å². The van der Waals surface area contributed by atoms with Gasteiger partial charge in [-0.3, -0.25) is 9.59 Å². The summed E-state index contributed by atoms with van der Waals surface area (Å²) in [6.07, 6.45) is 3.06. The average Bonchev–Trinajstić information content (AvgIpc) is 3.47. The number of benzene rings is 2. The van der Waals surface area contributed by atoms with E-state index in [1.807, 2.05) is 39.8 Å². The predicted octanol–water partition coefficient (Wildman–Crippen LogP) is 4.76. The van der Waals surface area contributed by atoms with Crippen LogP contribution in [0.2, 0.25) is 0 Å². The summed E-state index contributed by atoms with van der Waals surface area (Å²) in [5.41, 5.74) is 2.92. The highest BCUT2D eigenvalue weighted by atomic mass is 32.2. The van der Waals surface area contributed by atoms with Crippen LogP contribution in [0.25, 0.3) is 0 Å². The average molecular weight is 638 g/mol. The quantitative estimate of drug-likeness (QED) is 0.402. The van der Waals surface area contributed by atoms with Gasteiger partial charge in [-0.05, 0) is 66.2 Å². The number of piperidine rings is 1. The summed E-state index contributed by atoms with van der Waals surface area (Å²) in [7, 11) is -3.78. The van der Waals surface area contributed by atoms with Gasteiger partial charge >= 0.3 is 6.09 Å². The smallest absolute Gasteiger partial charge is 0.409 e.